The van der Waals surface area contributed by atoms with Crippen molar-refractivity contribution in [2.75, 3.05) is 11.4 Å². The number of benzene rings is 3. The maximum Gasteiger partial charge on any atom is 0.264 e. The summed E-state index contributed by atoms with van der Waals surface area (Å²) in [7, 11) is -2.17. The van der Waals surface area contributed by atoms with Gasteiger partial charge in [0.15, 0.2) is 0 Å². The lowest BCUT2D eigenvalue weighted by atomic mass is 10.1. The topological polar surface area (TPSA) is 84.3 Å². The maximum absolute atomic E-state index is 12.8. The van der Waals surface area contributed by atoms with Crippen LogP contribution < -0.4 is 9.62 Å². The lowest BCUT2D eigenvalue weighted by molar-refractivity contribution is 0.0951. The van der Waals surface area contributed by atoms with E-state index in [0.717, 1.165) is 17.1 Å². The maximum atomic E-state index is 12.8. The molecule has 1 amide bonds. The van der Waals surface area contributed by atoms with Crippen LogP contribution in [0.5, 0.6) is 0 Å². The zero-order valence-electron chi connectivity index (χ0n) is 18.3. The largest absolute Gasteiger partial charge is 0.348 e. The van der Waals surface area contributed by atoms with Gasteiger partial charge in [0.1, 0.15) is 5.82 Å². The number of nitrogens with zero attached hydrogens (tertiary/aromatic N) is 3. The first kappa shape index (κ1) is 22.3. The van der Waals surface area contributed by atoms with Gasteiger partial charge in [0.2, 0.25) is 0 Å². The van der Waals surface area contributed by atoms with Gasteiger partial charge in [-0.25, -0.2) is 13.4 Å². The van der Waals surface area contributed by atoms with Gasteiger partial charge in [-0.15, -0.1) is 0 Å². The van der Waals surface area contributed by atoms with Crippen LogP contribution in [0.15, 0.2) is 96.2 Å². The molecule has 33 heavy (non-hydrogen) atoms. The van der Waals surface area contributed by atoms with Crippen molar-refractivity contribution in [2.24, 2.45) is 0 Å². The summed E-state index contributed by atoms with van der Waals surface area (Å²) in [6, 6.07) is 22.6. The van der Waals surface area contributed by atoms with Crippen LogP contribution in [-0.2, 0) is 16.6 Å². The molecule has 0 fully saturated rings. The van der Waals surface area contributed by atoms with E-state index >= 15 is 0 Å². The average molecular weight is 461 g/mol. The first-order chi connectivity index (χ1) is 15.9. The smallest absolute Gasteiger partial charge is 0.264 e. The monoisotopic (exact) mass is 460 g/mol. The summed E-state index contributed by atoms with van der Waals surface area (Å²) in [5.41, 5.74) is 2.90. The van der Waals surface area contributed by atoms with Crippen molar-refractivity contribution in [1.29, 1.82) is 0 Å². The molecule has 168 valence electrons. The van der Waals surface area contributed by atoms with Crippen molar-refractivity contribution in [3.05, 3.63) is 108 Å². The molecule has 4 rings (SSSR count). The average Bonchev–Trinajstić information content (AvgIpc) is 3.28. The Labute approximate surface area is 193 Å². The highest BCUT2D eigenvalue weighted by molar-refractivity contribution is 7.92. The third kappa shape index (κ3) is 4.80. The number of aromatic nitrogens is 2. The Kier molecular flexibility index (Phi) is 6.28. The van der Waals surface area contributed by atoms with Crippen LogP contribution in [0.2, 0.25) is 0 Å². The summed E-state index contributed by atoms with van der Waals surface area (Å²) in [5.74, 6) is 0.673. The molecule has 0 bridgehead atoms. The van der Waals surface area contributed by atoms with E-state index in [4.69, 9.17) is 0 Å². The minimum Gasteiger partial charge on any atom is -0.348 e. The van der Waals surface area contributed by atoms with E-state index in [1.165, 1.54) is 11.4 Å². The molecule has 8 heteroatoms. The molecule has 0 spiro atoms. The summed E-state index contributed by atoms with van der Waals surface area (Å²) in [6.45, 7) is 2.32. The fraction of sp³-hybridized carbons (Fsp3) is 0.120. The highest BCUT2D eigenvalue weighted by Crippen LogP contribution is 2.22. The lowest BCUT2D eigenvalue weighted by Gasteiger charge is -2.19. The van der Waals surface area contributed by atoms with Crippen molar-refractivity contribution in [3.8, 4) is 5.69 Å². The van der Waals surface area contributed by atoms with E-state index < -0.39 is 10.0 Å². The zero-order valence-corrected chi connectivity index (χ0v) is 19.2. The number of sulfonamides is 1. The Hall–Kier alpha value is -3.91. The number of imidazole rings is 1. The van der Waals surface area contributed by atoms with Gasteiger partial charge in [0, 0.05) is 37.2 Å². The Morgan fingerprint density at radius 1 is 0.970 bits per heavy atom. The fourth-order valence-electron chi connectivity index (χ4n) is 3.42. The summed E-state index contributed by atoms with van der Waals surface area (Å²) < 4.78 is 28.7. The molecular formula is C25H24N4O3S. The van der Waals surface area contributed by atoms with Crippen molar-refractivity contribution in [2.45, 2.75) is 18.4 Å². The number of hydrogen-bond donors (Lipinski definition) is 1. The molecule has 3 aromatic carbocycles. The van der Waals surface area contributed by atoms with Gasteiger partial charge in [0.05, 0.1) is 10.6 Å². The number of nitrogens with one attached hydrogen (secondary N) is 1. The van der Waals surface area contributed by atoms with Gasteiger partial charge >= 0.3 is 0 Å². The molecule has 1 aromatic heterocycles. The first-order valence-electron chi connectivity index (χ1n) is 10.4. The normalized spacial score (nSPS) is 11.2. The number of carbonyl (C=O) groups is 1. The number of amides is 1. The Morgan fingerprint density at radius 3 is 2.24 bits per heavy atom. The van der Waals surface area contributed by atoms with Crippen molar-refractivity contribution >= 4 is 21.6 Å². The predicted molar refractivity (Wildman–Crippen MR) is 128 cm³/mol. The molecule has 4 aromatic rings. The first-order valence-corrected chi connectivity index (χ1v) is 11.8. The summed E-state index contributed by atoms with van der Waals surface area (Å²) in [4.78, 5) is 17.0. The number of hydrogen-bond acceptors (Lipinski definition) is 4. The molecule has 0 saturated carbocycles. The molecule has 0 saturated heterocycles. The van der Waals surface area contributed by atoms with Crippen LogP contribution in [0.4, 0.5) is 5.69 Å². The second-order valence-corrected chi connectivity index (χ2v) is 9.50. The van der Waals surface area contributed by atoms with E-state index in [-0.39, 0.29) is 10.8 Å². The molecule has 0 unspecified atom stereocenters. The number of anilines is 1. The second-order valence-electron chi connectivity index (χ2n) is 7.53. The predicted octanol–water partition coefficient (Wildman–Crippen LogP) is 3.94. The van der Waals surface area contributed by atoms with Gasteiger partial charge in [-0.3, -0.25) is 9.10 Å². The lowest BCUT2D eigenvalue weighted by Crippen LogP contribution is -2.27. The van der Waals surface area contributed by atoms with E-state index in [9.17, 15) is 13.2 Å². The van der Waals surface area contributed by atoms with Gasteiger partial charge in [-0.1, -0.05) is 30.3 Å². The molecule has 0 radical (unpaired) electrons. The number of rotatable bonds is 7. The SMILES string of the molecule is Cc1nccn1-c1ccc(CNC(=O)c2ccc(N(C)S(=O)(=O)c3ccccc3)cc2)cc1. The molecular weight excluding hydrogens is 436 g/mol. The molecule has 0 atom stereocenters. The van der Waals surface area contributed by atoms with Crippen LogP contribution in [-0.4, -0.2) is 30.9 Å². The number of carbonyl (C=O) groups excluding carboxylic acids is 1. The van der Waals surface area contributed by atoms with E-state index in [1.807, 2.05) is 42.0 Å². The summed E-state index contributed by atoms with van der Waals surface area (Å²) >= 11 is 0. The van der Waals surface area contributed by atoms with E-state index in [0.29, 0.717) is 17.8 Å². The molecule has 0 aliphatic rings. The molecule has 7 nitrogen and oxygen atoms in total. The Bertz CT molecular complexity index is 1350. The van der Waals surface area contributed by atoms with Gasteiger partial charge < -0.3 is 9.88 Å². The minimum absolute atomic E-state index is 0.212. The van der Waals surface area contributed by atoms with E-state index in [1.54, 1.807) is 60.8 Å². The second kappa shape index (κ2) is 9.30. The van der Waals surface area contributed by atoms with E-state index in [2.05, 4.69) is 10.3 Å². The minimum atomic E-state index is -3.67. The van der Waals surface area contributed by atoms with Gasteiger partial charge in [-0.05, 0) is 61.0 Å². The fourth-order valence-corrected chi connectivity index (χ4v) is 4.64. The summed E-state index contributed by atoms with van der Waals surface area (Å²) in [6.07, 6.45) is 3.65. The van der Waals surface area contributed by atoms with Crippen LogP contribution in [0, 0.1) is 6.92 Å². The van der Waals surface area contributed by atoms with Crippen molar-refractivity contribution < 1.29 is 13.2 Å². The Morgan fingerprint density at radius 2 is 1.64 bits per heavy atom. The Balaban J connectivity index is 1.39. The van der Waals surface area contributed by atoms with Crippen LogP contribution >= 0.6 is 0 Å². The molecule has 1 heterocycles. The third-order valence-electron chi connectivity index (χ3n) is 5.39. The van der Waals surface area contributed by atoms with Gasteiger partial charge in [-0.2, -0.15) is 0 Å². The van der Waals surface area contributed by atoms with Crippen LogP contribution in [0.1, 0.15) is 21.7 Å². The number of aryl methyl sites for hydroxylation is 1. The van der Waals surface area contributed by atoms with Crippen molar-refractivity contribution in [1.82, 2.24) is 14.9 Å². The van der Waals surface area contributed by atoms with Crippen molar-refractivity contribution in [3.63, 3.8) is 0 Å². The van der Waals surface area contributed by atoms with Gasteiger partial charge in [0.25, 0.3) is 15.9 Å². The quantitative estimate of drug-likeness (QED) is 0.453. The standard InChI is InChI=1S/C25H24N4O3S/c1-19-26-16-17-29(19)23-12-8-20(9-13-23)18-27-25(30)21-10-14-22(15-11-21)28(2)33(31,32)24-6-4-3-5-7-24/h3-17H,18H2,1-2H3,(H,27,30). The third-order valence-corrected chi connectivity index (χ3v) is 7.19. The van der Waals surface area contributed by atoms with Crippen LogP contribution in [0.25, 0.3) is 5.69 Å². The van der Waals surface area contributed by atoms with Crippen LogP contribution in [0.3, 0.4) is 0 Å². The highest BCUT2D eigenvalue weighted by atomic mass is 32.2. The molecule has 1 N–H and O–H groups in total. The highest BCUT2D eigenvalue weighted by Gasteiger charge is 2.21. The summed E-state index contributed by atoms with van der Waals surface area (Å²) in [5, 5.41) is 2.90. The zero-order chi connectivity index (χ0) is 23.4. The molecule has 0 aliphatic carbocycles. The molecule has 0 aliphatic heterocycles.